The molecule has 0 aromatic heterocycles. The SMILES string of the molecule is Cl.NC(CC(=O)O)C(=O)O.NCCCC(N)C(=O)O.NCCCC(N)C(=O)O. The summed E-state index contributed by atoms with van der Waals surface area (Å²) < 4.78 is 0. The number of hydrogen-bond donors (Lipinski definition) is 9. The van der Waals surface area contributed by atoms with Gasteiger partial charge in [-0.1, -0.05) is 0 Å². The highest BCUT2D eigenvalue weighted by atomic mass is 35.5. The van der Waals surface area contributed by atoms with Gasteiger partial charge in [-0.3, -0.25) is 19.2 Å². The van der Waals surface area contributed by atoms with Crippen LogP contribution in [0.2, 0.25) is 0 Å². The third kappa shape index (κ3) is 26.2. The molecule has 0 saturated carbocycles. The zero-order valence-electron chi connectivity index (χ0n) is 15.4. The van der Waals surface area contributed by atoms with Gasteiger partial charge in [0.1, 0.15) is 18.1 Å². The largest absolute Gasteiger partial charge is 0.481 e. The first-order chi connectivity index (χ1) is 12.4. The van der Waals surface area contributed by atoms with E-state index < -0.39 is 48.4 Å². The fraction of sp³-hybridized carbons (Fsp3) is 0.714. The summed E-state index contributed by atoms with van der Waals surface area (Å²) in [6.07, 6.45) is 1.74. The van der Waals surface area contributed by atoms with Gasteiger partial charge in [-0.15, -0.1) is 12.4 Å². The van der Waals surface area contributed by atoms with Crippen molar-refractivity contribution in [3.8, 4) is 0 Å². The van der Waals surface area contributed by atoms with Crippen LogP contribution >= 0.6 is 12.4 Å². The van der Waals surface area contributed by atoms with Crippen LogP contribution in [0.5, 0.6) is 0 Å². The van der Waals surface area contributed by atoms with E-state index in [4.69, 9.17) is 49.1 Å². The van der Waals surface area contributed by atoms with Crippen LogP contribution in [0.3, 0.4) is 0 Å². The molecule has 13 nitrogen and oxygen atoms in total. The summed E-state index contributed by atoms with van der Waals surface area (Å²) in [6.45, 7) is 1.00. The third-order valence-corrected chi connectivity index (χ3v) is 2.78. The van der Waals surface area contributed by atoms with Gasteiger partial charge < -0.3 is 49.1 Å². The van der Waals surface area contributed by atoms with Crippen molar-refractivity contribution in [1.29, 1.82) is 0 Å². The third-order valence-electron chi connectivity index (χ3n) is 2.78. The second kappa shape index (κ2) is 21.3. The van der Waals surface area contributed by atoms with E-state index >= 15 is 0 Å². The summed E-state index contributed by atoms with van der Waals surface area (Å²) in [4.78, 5) is 39.7. The quantitative estimate of drug-likeness (QED) is 0.164. The monoisotopic (exact) mass is 433 g/mol. The van der Waals surface area contributed by atoms with Crippen molar-refractivity contribution >= 4 is 36.3 Å². The van der Waals surface area contributed by atoms with Crippen molar-refractivity contribution in [3.63, 3.8) is 0 Å². The highest BCUT2D eigenvalue weighted by Crippen LogP contribution is 1.91. The van der Waals surface area contributed by atoms with Gasteiger partial charge in [0.2, 0.25) is 0 Å². The smallest absolute Gasteiger partial charge is 0.321 e. The zero-order chi connectivity index (χ0) is 22.0. The fourth-order valence-corrected chi connectivity index (χ4v) is 1.20. The average Bonchev–Trinajstić information content (AvgIpc) is 2.57. The molecule has 0 bridgehead atoms. The number of aliphatic carboxylic acids is 4. The minimum Gasteiger partial charge on any atom is -0.481 e. The van der Waals surface area contributed by atoms with Crippen LogP contribution in [0.4, 0.5) is 0 Å². The van der Waals surface area contributed by atoms with Gasteiger partial charge >= 0.3 is 23.9 Å². The van der Waals surface area contributed by atoms with Crippen LogP contribution in [0.1, 0.15) is 32.1 Å². The molecule has 0 radical (unpaired) electrons. The lowest BCUT2D eigenvalue weighted by molar-refractivity contribution is -0.144. The summed E-state index contributed by atoms with van der Waals surface area (Å²) in [6, 6.07) is -2.77. The second-order valence-corrected chi connectivity index (χ2v) is 5.29. The summed E-state index contributed by atoms with van der Waals surface area (Å²) >= 11 is 0. The summed E-state index contributed by atoms with van der Waals surface area (Å²) in [5.74, 6) is -4.41. The van der Waals surface area contributed by atoms with E-state index in [-0.39, 0.29) is 12.4 Å². The Kier molecular flexibility index (Phi) is 25.5. The van der Waals surface area contributed by atoms with Crippen LogP contribution in [-0.4, -0.2) is 75.5 Å². The molecular weight excluding hydrogens is 402 g/mol. The Hall–Kier alpha value is -2.03. The molecule has 0 aliphatic heterocycles. The maximum absolute atomic E-state index is 10.0. The molecule has 3 unspecified atom stereocenters. The van der Waals surface area contributed by atoms with Gasteiger partial charge in [0, 0.05) is 0 Å². The maximum Gasteiger partial charge on any atom is 0.321 e. The Balaban J connectivity index is -0.000000152. The lowest BCUT2D eigenvalue weighted by Gasteiger charge is -2.02. The minimum absolute atomic E-state index is 0. The number of carboxylic acids is 4. The summed E-state index contributed by atoms with van der Waals surface area (Å²) in [5.41, 5.74) is 25.4. The molecule has 14 heteroatoms. The Morgan fingerprint density at radius 2 is 0.929 bits per heavy atom. The van der Waals surface area contributed by atoms with Crippen LogP contribution in [0, 0.1) is 0 Å². The Morgan fingerprint density at radius 3 is 1.07 bits per heavy atom. The molecule has 0 spiro atoms. The van der Waals surface area contributed by atoms with Crippen molar-refractivity contribution in [1.82, 2.24) is 0 Å². The number of rotatable bonds is 11. The molecule has 0 aromatic rings. The van der Waals surface area contributed by atoms with Crippen molar-refractivity contribution in [2.24, 2.45) is 28.7 Å². The average molecular weight is 434 g/mol. The zero-order valence-corrected chi connectivity index (χ0v) is 16.2. The van der Waals surface area contributed by atoms with Crippen LogP contribution in [0.15, 0.2) is 0 Å². The van der Waals surface area contributed by atoms with Crippen molar-refractivity contribution in [2.45, 2.75) is 50.2 Å². The van der Waals surface area contributed by atoms with Gasteiger partial charge in [-0.25, -0.2) is 0 Å². The highest BCUT2D eigenvalue weighted by Gasteiger charge is 2.14. The number of carboxylic acid groups (broad SMARTS) is 4. The molecule has 0 aliphatic rings. The lowest BCUT2D eigenvalue weighted by atomic mass is 10.2. The molecule has 3 atom stereocenters. The van der Waals surface area contributed by atoms with Crippen LogP contribution in [0.25, 0.3) is 0 Å². The van der Waals surface area contributed by atoms with Crippen molar-refractivity contribution in [2.75, 3.05) is 13.1 Å². The highest BCUT2D eigenvalue weighted by molar-refractivity contribution is 5.85. The molecule has 28 heavy (non-hydrogen) atoms. The topological polar surface area (TPSA) is 279 Å². The molecule has 168 valence electrons. The molecular formula is C14H32ClN5O8. The van der Waals surface area contributed by atoms with E-state index in [1.807, 2.05) is 0 Å². The van der Waals surface area contributed by atoms with Gasteiger partial charge in [0.05, 0.1) is 6.42 Å². The fourth-order valence-electron chi connectivity index (χ4n) is 1.20. The van der Waals surface area contributed by atoms with Gasteiger partial charge in [-0.2, -0.15) is 0 Å². The molecule has 0 rings (SSSR count). The van der Waals surface area contributed by atoms with E-state index in [0.717, 1.165) is 0 Å². The first-order valence-electron chi connectivity index (χ1n) is 7.97. The van der Waals surface area contributed by atoms with Gasteiger partial charge in [-0.05, 0) is 38.8 Å². The summed E-state index contributed by atoms with van der Waals surface area (Å²) in [7, 11) is 0. The van der Waals surface area contributed by atoms with E-state index in [1.54, 1.807) is 0 Å². The molecule has 0 aromatic carbocycles. The minimum atomic E-state index is -1.29. The number of nitrogens with two attached hydrogens (primary N) is 5. The molecule has 0 amide bonds. The molecule has 0 fully saturated rings. The van der Waals surface area contributed by atoms with E-state index in [2.05, 4.69) is 0 Å². The maximum atomic E-state index is 10.0. The first-order valence-corrected chi connectivity index (χ1v) is 7.97. The van der Waals surface area contributed by atoms with E-state index in [0.29, 0.717) is 38.8 Å². The Morgan fingerprint density at radius 1 is 0.643 bits per heavy atom. The second-order valence-electron chi connectivity index (χ2n) is 5.29. The van der Waals surface area contributed by atoms with E-state index in [9.17, 15) is 19.2 Å². The number of hydrogen-bond acceptors (Lipinski definition) is 9. The van der Waals surface area contributed by atoms with Crippen LogP contribution < -0.4 is 28.7 Å². The van der Waals surface area contributed by atoms with Gasteiger partial charge in [0.25, 0.3) is 0 Å². The molecule has 14 N–H and O–H groups in total. The van der Waals surface area contributed by atoms with Crippen molar-refractivity contribution in [3.05, 3.63) is 0 Å². The Labute approximate surface area is 168 Å². The predicted molar refractivity (Wildman–Crippen MR) is 103 cm³/mol. The standard InChI is InChI=1S/2C5H12N2O2.C4H7NO4.ClH/c2*6-3-1-2-4(7)5(8)9;5-2(4(8)9)1-3(6)7;/h2*4H,1-3,6-7H2,(H,8,9);2H,1,5H2,(H,6,7)(H,8,9);1H. The first kappa shape index (κ1) is 33.5. The van der Waals surface area contributed by atoms with Gasteiger partial charge in [0.15, 0.2) is 0 Å². The molecule has 0 aliphatic carbocycles. The summed E-state index contributed by atoms with van der Waals surface area (Å²) in [5, 5.41) is 32.5. The number of carbonyl (C=O) groups is 4. The predicted octanol–water partition coefficient (Wildman–Crippen LogP) is -2.43. The van der Waals surface area contributed by atoms with E-state index in [1.165, 1.54) is 0 Å². The van der Waals surface area contributed by atoms with Crippen molar-refractivity contribution < 1.29 is 39.6 Å². The lowest BCUT2D eigenvalue weighted by Crippen LogP contribution is -2.32. The van der Waals surface area contributed by atoms with Crippen LogP contribution in [-0.2, 0) is 19.2 Å². The molecule has 0 heterocycles. The normalized spacial score (nSPS) is 12.5. The number of halogens is 1. The molecule has 0 saturated heterocycles. The Bertz CT molecular complexity index is 431.